The highest BCUT2D eigenvalue weighted by atomic mass is 16.5. The van der Waals surface area contributed by atoms with Crippen molar-refractivity contribution in [3.05, 3.63) is 102 Å². The molecule has 1 aromatic heterocycles. The summed E-state index contributed by atoms with van der Waals surface area (Å²) in [5.41, 5.74) is 4.49. The number of nitrogens with zero attached hydrogens (tertiary/aromatic N) is 2. The van der Waals surface area contributed by atoms with Crippen LogP contribution in [0.15, 0.2) is 84.9 Å². The minimum absolute atomic E-state index is 0.133. The molecule has 194 valence electrons. The molecule has 0 fully saturated rings. The molecular formula is C33H34N2O3. The molecule has 38 heavy (non-hydrogen) atoms. The molecule has 0 bridgehead atoms. The SMILES string of the molecule is C/C=C/c1ccc(OCCCn2c(C(C)c3ccc4cc(OC)ccc4c3)nc3ccccc32)c(OC)c1. The highest BCUT2D eigenvalue weighted by molar-refractivity contribution is 5.85. The Bertz CT molecular complexity index is 1580. The van der Waals surface area contributed by atoms with Gasteiger partial charge in [-0.15, -0.1) is 0 Å². The molecule has 4 aromatic carbocycles. The van der Waals surface area contributed by atoms with Gasteiger partial charge in [0.25, 0.3) is 0 Å². The second-order valence-electron chi connectivity index (χ2n) is 9.42. The number of fused-ring (bicyclic) bond motifs is 2. The zero-order valence-electron chi connectivity index (χ0n) is 22.5. The second kappa shape index (κ2) is 11.4. The van der Waals surface area contributed by atoms with E-state index in [1.54, 1.807) is 14.2 Å². The standard InChI is InChI=1S/C33H34N2O3/c1-5-9-24-12-17-31(32(20-24)37-4)38-19-8-18-35-30-11-7-6-10-29(30)34-33(35)23(2)25-13-14-27-22-28(36-3)16-15-26(27)21-25/h5-7,9-17,20-23H,8,18-19H2,1-4H3/b9-5+. The summed E-state index contributed by atoms with van der Waals surface area (Å²) in [5.74, 6) is 3.57. The third kappa shape index (κ3) is 5.23. The highest BCUT2D eigenvalue weighted by Crippen LogP contribution is 2.32. The third-order valence-electron chi connectivity index (χ3n) is 6.97. The van der Waals surface area contributed by atoms with Gasteiger partial charge in [-0.05, 0) is 71.6 Å². The number of hydrogen-bond donors (Lipinski definition) is 0. The zero-order valence-corrected chi connectivity index (χ0v) is 22.5. The molecule has 0 aliphatic carbocycles. The normalized spacial score (nSPS) is 12.3. The van der Waals surface area contributed by atoms with Crippen LogP contribution >= 0.6 is 0 Å². The molecular weight excluding hydrogens is 472 g/mol. The average molecular weight is 507 g/mol. The minimum atomic E-state index is 0.133. The molecule has 5 heteroatoms. The van der Waals surface area contributed by atoms with Crippen molar-refractivity contribution in [1.29, 1.82) is 0 Å². The molecule has 0 spiro atoms. The number of aryl methyl sites for hydroxylation is 1. The van der Waals surface area contributed by atoms with Crippen LogP contribution in [0.1, 0.15) is 43.1 Å². The molecule has 0 saturated carbocycles. The van der Waals surface area contributed by atoms with E-state index in [1.165, 1.54) is 16.3 Å². The van der Waals surface area contributed by atoms with Crippen molar-refractivity contribution in [2.45, 2.75) is 32.7 Å². The van der Waals surface area contributed by atoms with E-state index in [0.29, 0.717) is 6.61 Å². The minimum Gasteiger partial charge on any atom is -0.497 e. The van der Waals surface area contributed by atoms with Crippen LogP contribution in [0.3, 0.4) is 0 Å². The predicted molar refractivity (Wildman–Crippen MR) is 156 cm³/mol. The van der Waals surface area contributed by atoms with Crippen molar-refractivity contribution in [2.24, 2.45) is 0 Å². The third-order valence-corrected chi connectivity index (χ3v) is 6.97. The Balaban J connectivity index is 1.36. The van der Waals surface area contributed by atoms with E-state index in [9.17, 15) is 0 Å². The number of benzene rings is 4. The first-order valence-electron chi connectivity index (χ1n) is 13.1. The number of imidazole rings is 1. The van der Waals surface area contributed by atoms with Gasteiger partial charge in [0.15, 0.2) is 11.5 Å². The van der Waals surface area contributed by atoms with Crippen LogP contribution in [0.2, 0.25) is 0 Å². The van der Waals surface area contributed by atoms with Gasteiger partial charge in [-0.25, -0.2) is 4.98 Å². The lowest BCUT2D eigenvalue weighted by molar-refractivity contribution is 0.282. The quantitative estimate of drug-likeness (QED) is 0.181. The van der Waals surface area contributed by atoms with Crippen LogP contribution in [0.25, 0.3) is 27.9 Å². The van der Waals surface area contributed by atoms with Crippen molar-refractivity contribution in [2.75, 3.05) is 20.8 Å². The molecule has 5 aromatic rings. The maximum absolute atomic E-state index is 6.13. The summed E-state index contributed by atoms with van der Waals surface area (Å²) in [6.07, 6.45) is 4.90. The monoisotopic (exact) mass is 506 g/mol. The van der Waals surface area contributed by atoms with Crippen molar-refractivity contribution in [1.82, 2.24) is 9.55 Å². The summed E-state index contributed by atoms with van der Waals surface area (Å²) in [4.78, 5) is 5.06. The van der Waals surface area contributed by atoms with Crippen LogP contribution in [0.5, 0.6) is 17.2 Å². The van der Waals surface area contributed by atoms with E-state index in [2.05, 4.69) is 60.0 Å². The predicted octanol–water partition coefficient (Wildman–Crippen LogP) is 7.86. The van der Waals surface area contributed by atoms with Crippen molar-refractivity contribution in [3.63, 3.8) is 0 Å². The van der Waals surface area contributed by atoms with Gasteiger partial charge in [0.05, 0.1) is 31.9 Å². The summed E-state index contributed by atoms with van der Waals surface area (Å²) in [5, 5.41) is 2.36. The van der Waals surface area contributed by atoms with Gasteiger partial charge in [0, 0.05) is 12.5 Å². The van der Waals surface area contributed by atoms with Crippen LogP contribution in [0, 0.1) is 0 Å². The van der Waals surface area contributed by atoms with Gasteiger partial charge in [0.1, 0.15) is 11.6 Å². The molecule has 5 nitrogen and oxygen atoms in total. The van der Waals surface area contributed by atoms with E-state index in [-0.39, 0.29) is 5.92 Å². The lowest BCUT2D eigenvalue weighted by Gasteiger charge is -2.17. The summed E-state index contributed by atoms with van der Waals surface area (Å²) < 4.78 is 19.4. The fourth-order valence-electron chi connectivity index (χ4n) is 4.95. The Hall–Kier alpha value is -4.25. The molecule has 0 radical (unpaired) electrons. The summed E-state index contributed by atoms with van der Waals surface area (Å²) >= 11 is 0. The Labute approximate surface area is 224 Å². The summed E-state index contributed by atoms with van der Waals surface area (Å²) in [6, 6.07) is 27.2. The maximum Gasteiger partial charge on any atom is 0.161 e. The van der Waals surface area contributed by atoms with Crippen molar-refractivity contribution >= 4 is 27.9 Å². The Morgan fingerprint density at radius 1 is 0.868 bits per heavy atom. The van der Waals surface area contributed by atoms with Crippen LogP contribution in [-0.2, 0) is 6.54 Å². The smallest absolute Gasteiger partial charge is 0.161 e. The topological polar surface area (TPSA) is 45.5 Å². The molecule has 0 saturated heterocycles. The second-order valence-corrected chi connectivity index (χ2v) is 9.42. The Morgan fingerprint density at radius 3 is 2.50 bits per heavy atom. The van der Waals surface area contributed by atoms with Gasteiger partial charge in [-0.1, -0.05) is 61.5 Å². The fourth-order valence-corrected chi connectivity index (χ4v) is 4.95. The lowest BCUT2D eigenvalue weighted by Crippen LogP contribution is -2.11. The number of hydrogen-bond acceptors (Lipinski definition) is 4. The summed E-state index contributed by atoms with van der Waals surface area (Å²) in [7, 11) is 3.38. The van der Waals surface area contributed by atoms with Crippen LogP contribution < -0.4 is 14.2 Å². The number of para-hydroxylation sites is 2. The Morgan fingerprint density at radius 2 is 1.68 bits per heavy atom. The van der Waals surface area contributed by atoms with Crippen molar-refractivity contribution in [3.8, 4) is 17.2 Å². The first kappa shape index (κ1) is 25.4. The van der Waals surface area contributed by atoms with Gasteiger partial charge in [-0.2, -0.15) is 0 Å². The fraction of sp³-hybridized carbons (Fsp3) is 0.242. The molecule has 0 amide bonds. The van der Waals surface area contributed by atoms with E-state index in [4.69, 9.17) is 19.2 Å². The molecule has 1 atom stereocenters. The zero-order chi connectivity index (χ0) is 26.5. The first-order chi connectivity index (χ1) is 18.6. The number of methoxy groups -OCH3 is 2. The van der Waals surface area contributed by atoms with Gasteiger partial charge in [-0.3, -0.25) is 0 Å². The van der Waals surface area contributed by atoms with Crippen molar-refractivity contribution < 1.29 is 14.2 Å². The largest absolute Gasteiger partial charge is 0.497 e. The molecule has 5 rings (SSSR count). The summed E-state index contributed by atoms with van der Waals surface area (Å²) in [6.45, 7) is 5.63. The lowest BCUT2D eigenvalue weighted by atomic mass is 9.97. The van der Waals surface area contributed by atoms with E-state index < -0.39 is 0 Å². The average Bonchev–Trinajstić information content (AvgIpc) is 3.33. The van der Waals surface area contributed by atoms with E-state index >= 15 is 0 Å². The first-order valence-corrected chi connectivity index (χ1v) is 13.1. The van der Waals surface area contributed by atoms with Gasteiger partial charge < -0.3 is 18.8 Å². The number of allylic oxidation sites excluding steroid dienone is 1. The van der Waals surface area contributed by atoms with Gasteiger partial charge >= 0.3 is 0 Å². The molecule has 0 aliphatic heterocycles. The maximum atomic E-state index is 6.13. The highest BCUT2D eigenvalue weighted by Gasteiger charge is 2.19. The number of aromatic nitrogens is 2. The molecule has 0 aliphatic rings. The molecule has 1 unspecified atom stereocenters. The molecule has 0 N–H and O–H groups in total. The van der Waals surface area contributed by atoms with Crippen LogP contribution in [0.4, 0.5) is 0 Å². The van der Waals surface area contributed by atoms with Gasteiger partial charge in [0.2, 0.25) is 0 Å². The van der Waals surface area contributed by atoms with E-state index in [0.717, 1.165) is 52.6 Å². The van der Waals surface area contributed by atoms with Crippen LogP contribution in [-0.4, -0.2) is 30.4 Å². The molecule has 1 heterocycles. The number of ether oxygens (including phenoxy) is 3. The van der Waals surface area contributed by atoms with E-state index in [1.807, 2.05) is 49.4 Å². The Kier molecular flexibility index (Phi) is 7.64. The number of rotatable bonds is 10.